The smallest absolute Gasteiger partial charge is 0.0610 e. The topological polar surface area (TPSA) is 12.5 Å². The minimum Gasteiger partial charge on any atom is -0.378 e. The standard InChI is InChI=1S/C30H61NO/c1-7-9-10-11-12-13-14-15-16-17-18-19-20-21-22-23-25-32-28-26-29(3,4)31(24-8-2)30(5,6)27-28/h28H,7-27H2,1-6H3. The Hall–Kier alpha value is -0.0800. The summed E-state index contributed by atoms with van der Waals surface area (Å²) in [6.45, 7) is 16.4. The third-order valence-corrected chi connectivity index (χ3v) is 7.71. The third kappa shape index (κ3) is 13.0. The van der Waals surface area contributed by atoms with Crippen molar-refractivity contribution in [1.29, 1.82) is 0 Å². The van der Waals surface area contributed by atoms with Crippen LogP contribution >= 0.6 is 0 Å². The Kier molecular flexibility index (Phi) is 16.3. The van der Waals surface area contributed by atoms with E-state index in [0.29, 0.717) is 6.10 Å². The molecule has 0 unspecified atom stereocenters. The average molecular weight is 452 g/mol. The van der Waals surface area contributed by atoms with Crippen LogP contribution in [0.2, 0.25) is 0 Å². The van der Waals surface area contributed by atoms with Crippen molar-refractivity contribution in [2.45, 2.75) is 181 Å². The van der Waals surface area contributed by atoms with Crippen molar-refractivity contribution >= 4 is 0 Å². The summed E-state index contributed by atoms with van der Waals surface area (Å²) in [5, 5.41) is 0. The molecule has 1 rings (SSSR count). The maximum Gasteiger partial charge on any atom is 0.0610 e. The number of unbranched alkanes of at least 4 members (excludes halogenated alkanes) is 15. The van der Waals surface area contributed by atoms with Crippen LogP contribution in [0.1, 0.15) is 164 Å². The molecule has 0 aliphatic carbocycles. The van der Waals surface area contributed by atoms with Crippen molar-refractivity contribution < 1.29 is 4.74 Å². The number of nitrogens with zero attached hydrogens (tertiary/aromatic N) is 1. The molecular formula is C30H61NO. The van der Waals surface area contributed by atoms with Gasteiger partial charge < -0.3 is 4.74 Å². The molecule has 192 valence electrons. The zero-order chi connectivity index (χ0) is 23.7. The van der Waals surface area contributed by atoms with Gasteiger partial charge in [0.15, 0.2) is 0 Å². The average Bonchev–Trinajstić information content (AvgIpc) is 2.72. The summed E-state index contributed by atoms with van der Waals surface area (Å²) < 4.78 is 6.37. The number of ether oxygens (including phenoxy) is 1. The van der Waals surface area contributed by atoms with Crippen molar-refractivity contribution in [2.24, 2.45) is 0 Å². The van der Waals surface area contributed by atoms with E-state index in [1.54, 1.807) is 0 Å². The number of likely N-dealkylation sites (tertiary alicyclic amines) is 1. The number of hydrogen-bond acceptors (Lipinski definition) is 2. The molecule has 2 heteroatoms. The predicted octanol–water partition coefficient (Wildman–Crippen LogP) is 9.70. The molecule has 2 nitrogen and oxygen atoms in total. The van der Waals surface area contributed by atoms with Gasteiger partial charge in [0.1, 0.15) is 0 Å². The lowest BCUT2D eigenvalue weighted by Crippen LogP contribution is -2.62. The monoisotopic (exact) mass is 451 g/mol. The summed E-state index contributed by atoms with van der Waals surface area (Å²) in [7, 11) is 0. The van der Waals surface area contributed by atoms with Crippen LogP contribution in [-0.2, 0) is 4.74 Å². The van der Waals surface area contributed by atoms with E-state index in [1.165, 1.54) is 129 Å². The Balaban J connectivity index is 1.93. The molecule has 0 saturated carbocycles. The van der Waals surface area contributed by atoms with E-state index in [4.69, 9.17) is 4.74 Å². The fourth-order valence-corrected chi connectivity index (χ4v) is 6.07. The molecule has 1 fully saturated rings. The summed E-state index contributed by atoms with van der Waals surface area (Å²) >= 11 is 0. The molecule has 0 aromatic rings. The molecule has 1 saturated heterocycles. The van der Waals surface area contributed by atoms with Gasteiger partial charge in [0.2, 0.25) is 0 Å². The van der Waals surface area contributed by atoms with Crippen LogP contribution in [0.5, 0.6) is 0 Å². The van der Waals surface area contributed by atoms with E-state index in [2.05, 4.69) is 46.4 Å². The fraction of sp³-hybridized carbons (Fsp3) is 1.00. The van der Waals surface area contributed by atoms with E-state index in [9.17, 15) is 0 Å². The third-order valence-electron chi connectivity index (χ3n) is 7.71. The zero-order valence-electron chi connectivity index (χ0n) is 23.3. The maximum atomic E-state index is 6.37. The van der Waals surface area contributed by atoms with Crippen LogP contribution in [0.25, 0.3) is 0 Å². The van der Waals surface area contributed by atoms with Gasteiger partial charge in [-0.1, -0.05) is 110 Å². The van der Waals surface area contributed by atoms with Gasteiger partial charge in [0.05, 0.1) is 6.10 Å². The number of piperidine rings is 1. The van der Waals surface area contributed by atoms with Crippen LogP contribution in [0, 0.1) is 0 Å². The predicted molar refractivity (Wildman–Crippen MR) is 144 cm³/mol. The molecule has 0 aromatic heterocycles. The van der Waals surface area contributed by atoms with Crippen LogP contribution < -0.4 is 0 Å². The second kappa shape index (κ2) is 17.4. The molecule has 0 aromatic carbocycles. The quantitative estimate of drug-likeness (QED) is 0.171. The molecule has 0 bridgehead atoms. The minimum absolute atomic E-state index is 0.247. The van der Waals surface area contributed by atoms with Gasteiger partial charge in [0.25, 0.3) is 0 Å². The highest BCUT2D eigenvalue weighted by atomic mass is 16.5. The molecular weight excluding hydrogens is 390 g/mol. The maximum absolute atomic E-state index is 6.37. The summed E-state index contributed by atoms with van der Waals surface area (Å²) in [4.78, 5) is 2.72. The van der Waals surface area contributed by atoms with Crippen LogP contribution in [0.3, 0.4) is 0 Å². The lowest BCUT2D eigenvalue weighted by molar-refractivity contribution is -0.104. The van der Waals surface area contributed by atoms with E-state index in [-0.39, 0.29) is 11.1 Å². The molecule has 0 spiro atoms. The summed E-state index contributed by atoms with van der Waals surface area (Å²) in [5.41, 5.74) is 0.494. The van der Waals surface area contributed by atoms with E-state index in [1.807, 2.05) is 0 Å². The summed E-state index contributed by atoms with van der Waals surface area (Å²) in [6.07, 6.45) is 26.8. The summed E-state index contributed by atoms with van der Waals surface area (Å²) in [6, 6.07) is 0. The number of hydrogen-bond donors (Lipinski definition) is 0. The highest BCUT2D eigenvalue weighted by molar-refractivity contribution is 5.00. The molecule has 1 aliphatic rings. The molecule has 0 amide bonds. The SMILES string of the molecule is CCCCCCCCCCCCCCCCCCOC1CC(C)(C)N(CCC)C(C)(C)C1. The largest absolute Gasteiger partial charge is 0.378 e. The van der Waals surface area contributed by atoms with Crippen LogP contribution in [-0.4, -0.2) is 35.2 Å². The Morgan fingerprint density at radius 2 is 0.938 bits per heavy atom. The fourth-order valence-electron chi connectivity index (χ4n) is 6.07. The second-order valence-corrected chi connectivity index (χ2v) is 12.0. The van der Waals surface area contributed by atoms with Gasteiger partial charge in [0, 0.05) is 17.7 Å². The Bertz CT molecular complexity index is 413. The van der Waals surface area contributed by atoms with Crippen LogP contribution in [0.4, 0.5) is 0 Å². The first-order valence-corrected chi connectivity index (χ1v) is 14.7. The van der Waals surface area contributed by atoms with Gasteiger partial charge in [-0.25, -0.2) is 0 Å². The summed E-state index contributed by atoms with van der Waals surface area (Å²) in [5.74, 6) is 0. The Morgan fingerprint density at radius 3 is 1.31 bits per heavy atom. The first kappa shape index (κ1) is 30.0. The zero-order valence-corrected chi connectivity index (χ0v) is 23.3. The Morgan fingerprint density at radius 1 is 0.562 bits per heavy atom. The van der Waals surface area contributed by atoms with Gasteiger partial charge in [-0.15, -0.1) is 0 Å². The first-order valence-electron chi connectivity index (χ1n) is 14.7. The van der Waals surface area contributed by atoms with Gasteiger partial charge in [-0.2, -0.15) is 0 Å². The highest BCUT2D eigenvalue weighted by Gasteiger charge is 2.44. The molecule has 32 heavy (non-hydrogen) atoms. The normalized spacial score (nSPS) is 18.9. The Labute approximate surface area is 203 Å². The van der Waals surface area contributed by atoms with Crippen LogP contribution in [0.15, 0.2) is 0 Å². The van der Waals surface area contributed by atoms with Crippen molar-refractivity contribution in [3.8, 4) is 0 Å². The van der Waals surface area contributed by atoms with Gasteiger partial charge in [-0.3, -0.25) is 4.90 Å². The second-order valence-electron chi connectivity index (χ2n) is 12.0. The molecule has 0 N–H and O–H groups in total. The molecule has 0 radical (unpaired) electrons. The first-order chi connectivity index (χ1) is 15.3. The van der Waals surface area contributed by atoms with Crippen molar-refractivity contribution in [3.05, 3.63) is 0 Å². The number of rotatable bonds is 20. The van der Waals surface area contributed by atoms with Crippen molar-refractivity contribution in [3.63, 3.8) is 0 Å². The van der Waals surface area contributed by atoms with Crippen molar-refractivity contribution in [1.82, 2.24) is 4.90 Å². The molecule has 0 atom stereocenters. The molecule has 1 aliphatic heterocycles. The van der Waals surface area contributed by atoms with E-state index < -0.39 is 0 Å². The van der Waals surface area contributed by atoms with Crippen molar-refractivity contribution in [2.75, 3.05) is 13.2 Å². The highest BCUT2D eigenvalue weighted by Crippen LogP contribution is 2.39. The van der Waals surface area contributed by atoms with Gasteiger partial charge >= 0.3 is 0 Å². The van der Waals surface area contributed by atoms with E-state index >= 15 is 0 Å². The lowest BCUT2D eigenvalue weighted by Gasteiger charge is -2.55. The lowest BCUT2D eigenvalue weighted by atomic mass is 9.78. The minimum atomic E-state index is 0.247. The van der Waals surface area contributed by atoms with E-state index in [0.717, 1.165) is 6.61 Å². The van der Waals surface area contributed by atoms with Gasteiger partial charge in [-0.05, 0) is 59.9 Å². The molecule has 1 heterocycles.